The SMILES string of the molecule is CC(C)[C@@H](NC(=O)Nc1ccccc1)C(=O)OCC(=O)N[C@@H](C)CCc1ccccc1. The van der Waals surface area contributed by atoms with Crippen LogP contribution in [0.5, 0.6) is 0 Å². The number of aryl methyl sites for hydroxylation is 1. The molecule has 0 aliphatic carbocycles. The summed E-state index contributed by atoms with van der Waals surface area (Å²) < 4.78 is 5.15. The average molecular weight is 426 g/mol. The maximum atomic E-state index is 12.4. The van der Waals surface area contributed by atoms with Crippen LogP contribution in [0.3, 0.4) is 0 Å². The van der Waals surface area contributed by atoms with Crippen LogP contribution in [0.1, 0.15) is 32.8 Å². The van der Waals surface area contributed by atoms with Gasteiger partial charge in [0, 0.05) is 11.7 Å². The molecule has 0 saturated heterocycles. The Morgan fingerprint density at radius 3 is 2.10 bits per heavy atom. The number of hydrogen-bond acceptors (Lipinski definition) is 4. The topological polar surface area (TPSA) is 96.5 Å². The highest BCUT2D eigenvalue weighted by molar-refractivity contribution is 5.93. The first-order chi connectivity index (χ1) is 14.8. The summed E-state index contributed by atoms with van der Waals surface area (Å²) in [5.74, 6) is -1.22. The van der Waals surface area contributed by atoms with E-state index in [4.69, 9.17) is 4.74 Å². The third-order valence-corrected chi connectivity index (χ3v) is 4.70. The molecule has 0 aliphatic heterocycles. The number of anilines is 1. The molecule has 2 aromatic carbocycles. The van der Waals surface area contributed by atoms with Gasteiger partial charge < -0.3 is 20.7 Å². The lowest BCUT2D eigenvalue weighted by atomic mass is 10.1. The number of esters is 1. The maximum Gasteiger partial charge on any atom is 0.329 e. The van der Waals surface area contributed by atoms with E-state index >= 15 is 0 Å². The molecule has 0 bridgehead atoms. The van der Waals surface area contributed by atoms with Crippen LogP contribution >= 0.6 is 0 Å². The van der Waals surface area contributed by atoms with Gasteiger partial charge in [0.05, 0.1) is 0 Å². The van der Waals surface area contributed by atoms with Gasteiger partial charge in [-0.3, -0.25) is 4.79 Å². The smallest absolute Gasteiger partial charge is 0.329 e. The van der Waals surface area contributed by atoms with Crippen molar-refractivity contribution in [3.63, 3.8) is 0 Å². The van der Waals surface area contributed by atoms with Gasteiger partial charge >= 0.3 is 12.0 Å². The lowest BCUT2D eigenvalue weighted by Gasteiger charge is -2.21. The van der Waals surface area contributed by atoms with Crippen molar-refractivity contribution >= 4 is 23.6 Å². The molecule has 3 N–H and O–H groups in total. The van der Waals surface area contributed by atoms with Gasteiger partial charge in [-0.2, -0.15) is 0 Å². The summed E-state index contributed by atoms with van der Waals surface area (Å²) in [6.45, 7) is 5.11. The van der Waals surface area contributed by atoms with Crippen LogP contribution in [0.2, 0.25) is 0 Å². The highest BCUT2D eigenvalue weighted by Crippen LogP contribution is 2.08. The summed E-state index contributed by atoms with van der Waals surface area (Å²) in [5.41, 5.74) is 1.81. The monoisotopic (exact) mass is 425 g/mol. The second kappa shape index (κ2) is 12.4. The van der Waals surface area contributed by atoms with Gasteiger partial charge in [-0.1, -0.05) is 62.4 Å². The maximum absolute atomic E-state index is 12.4. The van der Waals surface area contributed by atoms with Gasteiger partial charge in [0.25, 0.3) is 5.91 Å². The van der Waals surface area contributed by atoms with Crippen molar-refractivity contribution in [2.75, 3.05) is 11.9 Å². The molecule has 0 saturated carbocycles. The first kappa shape index (κ1) is 23.9. The summed E-state index contributed by atoms with van der Waals surface area (Å²) in [5, 5.41) is 8.11. The first-order valence-electron chi connectivity index (χ1n) is 10.5. The number of rotatable bonds is 10. The van der Waals surface area contributed by atoms with Crippen LogP contribution in [0.4, 0.5) is 10.5 Å². The van der Waals surface area contributed by atoms with Crippen LogP contribution in [0.15, 0.2) is 60.7 Å². The molecule has 7 heteroatoms. The molecule has 7 nitrogen and oxygen atoms in total. The molecule has 31 heavy (non-hydrogen) atoms. The van der Waals surface area contributed by atoms with Crippen molar-refractivity contribution in [3.05, 3.63) is 66.2 Å². The van der Waals surface area contributed by atoms with E-state index in [1.165, 1.54) is 5.56 Å². The standard InChI is InChI=1S/C24H31N3O4/c1-17(2)22(27-24(30)26-20-12-8-5-9-13-20)23(29)31-16-21(28)25-18(3)14-15-19-10-6-4-7-11-19/h4-13,17-18,22H,14-16H2,1-3H3,(H,25,28)(H2,26,27,30)/t18-,22+/m0/s1. The summed E-state index contributed by atoms with van der Waals surface area (Å²) in [6.07, 6.45) is 1.62. The second-order valence-electron chi connectivity index (χ2n) is 7.79. The van der Waals surface area contributed by atoms with Crippen molar-refractivity contribution < 1.29 is 19.1 Å². The summed E-state index contributed by atoms with van der Waals surface area (Å²) >= 11 is 0. The zero-order chi connectivity index (χ0) is 22.6. The molecule has 2 aromatic rings. The molecule has 2 rings (SSSR count). The van der Waals surface area contributed by atoms with Crippen LogP contribution < -0.4 is 16.0 Å². The molecular formula is C24H31N3O4. The van der Waals surface area contributed by atoms with Gasteiger partial charge in [0.1, 0.15) is 6.04 Å². The highest BCUT2D eigenvalue weighted by atomic mass is 16.5. The van der Waals surface area contributed by atoms with E-state index in [1.54, 1.807) is 38.1 Å². The fourth-order valence-corrected chi connectivity index (χ4v) is 2.97. The van der Waals surface area contributed by atoms with Gasteiger partial charge in [-0.25, -0.2) is 9.59 Å². The number of nitrogens with one attached hydrogen (secondary N) is 3. The number of amides is 3. The largest absolute Gasteiger partial charge is 0.454 e. The molecule has 0 aromatic heterocycles. The lowest BCUT2D eigenvalue weighted by Crippen LogP contribution is -2.48. The number of carbonyl (C=O) groups excluding carboxylic acids is 3. The molecule has 0 fully saturated rings. The van der Waals surface area contributed by atoms with E-state index in [2.05, 4.69) is 16.0 Å². The molecule has 166 valence electrons. The van der Waals surface area contributed by atoms with Crippen LogP contribution in [0, 0.1) is 5.92 Å². The van der Waals surface area contributed by atoms with Gasteiger partial charge in [-0.05, 0) is 43.4 Å². The molecule has 0 radical (unpaired) electrons. The third-order valence-electron chi connectivity index (χ3n) is 4.70. The molecule has 0 unspecified atom stereocenters. The Balaban J connectivity index is 1.75. The summed E-state index contributed by atoms with van der Waals surface area (Å²) in [6, 6.07) is 17.5. The van der Waals surface area contributed by atoms with Crippen molar-refractivity contribution in [1.29, 1.82) is 0 Å². The zero-order valence-corrected chi connectivity index (χ0v) is 18.3. The molecule has 0 heterocycles. The van der Waals surface area contributed by atoms with E-state index in [0.717, 1.165) is 12.8 Å². The minimum absolute atomic E-state index is 0.0536. The van der Waals surface area contributed by atoms with Gasteiger partial charge in [0.15, 0.2) is 6.61 Å². The van der Waals surface area contributed by atoms with Crippen molar-refractivity contribution in [2.45, 2.75) is 45.7 Å². The van der Waals surface area contributed by atoms with E-state index in [1.807, 2.05) is 43.3 Å². The Morgan fingerprint density at radius 2 is 1.48 bits per heavy atom. The number of para-hydroxylation sites is 1. The van der Waals surface area contributed by atoms with Gasteiger partial charge in [-0.15, -0.1) is 0 Å². The number of carbonyl (C=O) groups is 3. The van der Waals surface area contributed by atoms with Crippen LogP contribution in [0.25, 0.3) is 0 Å². The number of urea groups is 1. The summed E-state index contributed by atoms with van der Waals surface area (Å²) in [7, 11) is 0. The van der Waals surface area contributed by atoms with Gasteiger partial charge in [0.2, 0.25) is 0 Å². The van der Waals surface area contributed by atoms with E-state index in [-0.39, 0.29) is 24.5 Å². The van der Waals surface area contributed by atoms with Crippen LogP contribution in [-0.4, -0.2) is 36.6 Å². The van der Waals surface area contributed by atoms with Crippen molar-refractivity contribution in [1.82, 2.24) is 10.6 Å². The number of hydrogen-bond donors (Lipinski definition) is 3. The first-order valence-corrected chi connectivity index (χ1v) is 10.5. The number of benzene rings is 2. The Bertz CT molecular complexity index is 840. The lowest BCUT2D eigenvalue weighted by molar-refractivity contribution is -0.151. The summed E-state index contributed by atoms with van der Waals surface area (Å²) in [4.78, 5) is 36.8. The fourth-order valence-electron chi connectivity index (χ4n) is 2.97. The predicted molar refractivity (Wildman–Crippen MR) is 121 cm³/mol. The van der Waals surface area contributed by atoms with E-state index in [9.17, 15) is 14.4 Å². The quantitative estimate of drug-likeness (QED) is 0.508. The Hall–Kier alpha value is -3.35. The Morgan fingerprint density at radius 1 is 0.871 bits per heavy atom. The van der Waals surface area contributed by atoms with E-state index < -0.39 is 18.0 Å². The molecule has 3 amide bonds. The molecular weight excluding hydrogens is 394 g/mol. The molecule has 2 atom stereocenters. The Kier molecular flexibility index (Phi) is 9.55. The minimum atomic E-state index is -0.869. The highest BCUT2D eigenvalue weighted by Gasteiger charge is 2.26. The average Bonchev–Trinajstić information content (AvgIpc) is 2.75. The predicted octanol–water partition coefficient (Wildman–Crippen LogP) is 3.51. The zero-order valence-electron chi connectivity index (χ0n) is 18.3. The molecule has 0 spiro atoms. The van der Waals surface area contributed by atoms with E-state index in [0.29, 0.717) is 5.69 Å². The number of ether oxygens (including phenoxy) is 1. The third kappa shape index (κ3) is 8.90. The minimum Gasteiger partial charge on any atom is -0.454 e. The van der Waals surface area contributed by atoms with Crippen molar-refractivity contribution in [3.8, 4) is 0 Å². The normalized spacial score (nSPS) is 12.5. The second-order valence-corrected chi connectivity index (χ2v) is 7.79. The van der Waals surface area contributed by atoms with Crippen LogP contribution in [-0.2, 0) is 20.7 Å². The fraction of sp³-hybridized carbons (Fsp3) is 0.375. The van der Waals surface area contributed by atoms with Crippen molar-refractivity contribution in [2.24, 2.45) is 5.92 Å². The molecule has 0 aliphatic rings. The Labute approximate surface area is 183 Å².